The Labute approximate surface area is 202 Å². The fourth-order valence-electron chi connectivity index (χ4n) is 3.86. The van der Waals surface area contributed by atoms with E-state index in [4.69, 9.17) is 28.4 Å². The number of carbonyl (C=O) groups excluding carboxylic acids is 5. The van der Waals surface area contributed by atoms with Gasteiger partial charge in [0, 0.05) is 20.3 Å². The highest BCUT2D eigenvalue weighted by Gasteiger charge is 2.49. The number of esters is 4. The van der Waals surface area contributed by atoms with Gasteiger partial charge in [0.1, 0.15) is 6.10 Å². The second kappa shape index (κ2) is 10.1. The SMILES string of the molecule is CC(=O)OC1=C(OC(C)=O)[C@@H]([C@@H]2COC(C(=O)OC3CC(C)(C)C(C=C(C)C)=CC3=O)O2)OC1=O. The third kappa shape index (κ3) is 6.04. The van der Waals surface area contributed by atoms with Crippen LogP contribution in [0.15, 0.2) is 34.8 Å². The molecule has 0 bridgehead atoms. The van der Waals surface area contributed by atoms with Crippen LogP contribution in [0.2, 0.25) is 0 Å². The van der Waals surface area contributed by atoms with Gasteiger partial charge in [-0.15, -0.1) is 0 Å². The third-order valence-corrected chi connectivity index (χ3v) is 5.44. The van der Waals surface area contributed by atoms with Gasteiger partial charge in [0.25, 0.3) is 12.0 Å². The van der Waals surface area contributed by atoms with Gasteiger partial charge >= 0.3 is 23.9 Å². The maximum absolute atomic E-state index is 12.7. The Morgan fingerprint density at radius 2 is 1.71 bits per heavy atom. The van der Waals surface area contributed by atoms with E-state index >= 15 is 0 Å². The number of rotatable bonds is 6. The molecule has 0 aromatic heterocycles. The molecule has 2 unspecified atom stereocenters. The predicted molar refractivity (Wildman–Crippen MR) is 116 cm³/mol. The molecular formula is C24H28O11. The summed E-state index contributed by atoms with van der Waals surface area (Å²) in [7, 11) is 0. The minimum Gasteiger partial charge on any atom is -0.450 e. The molecule has 2 heterocycles. The van der Waals surface area contributed by atoms with E-state index in [0.29, 0.717) is 0 Å². The van der Waals surface area contributed by atoms with Crippen molar-refractivity contribution in [3.05, 3.63) is 34.8 Å². The van der Waals surface area contributed by atoms with E-state index in [1.807, 2.05) is 33.8 Å². The standard InChI is InChI=1S/C24H28O11/c1-11(2)7-14-8-15(27)16(9-24(14,5)6)33-22(29)23-30-10-17(34-23)18-19(31-12(3)25)20(21(28)35-18)32-13(4)26/h7-8,16-18,23H,9-10H2,1-6H3/t16?,17-,18+,23?/m0/s1. The van der Waals surface area contributed by atoms with Crippen molar-refractivity contribution in [1.82, 2.24) is 0 Å². The van der Waals surface area contributed by atoms with Crippen molar-refractivity contribution in [3.63, 3.8) is 0 Å². The predicted octanol–water partition coefficient (Wildman–Crippen LogP) is 1.79. The first kappa shape index (κ1) is 26.3. The molecule has 4 atom stereocenters. The lowest BCUT2D eigenvalue weighted by Gasteiger charge is -2.34. The van der Waals surface area contributed by atoms with Crippen molar-refractivity contribution in [1.29, 1.82) is 0 Å². The number of hydrogen-bond acceptors (Lipinski definition) is 11. The van der Waals surface area contributed by atoms with Crippen LogP contribution in [0.4, 0.5) is 0 Å². The van der Waals surface area contributed by atoms with Gasteiger partial charge in [-0.1, -0.05) is 25.5 Å². The minimum absolute atomic E-state index is 0.232. The number of hydrogen-bond donors (Lipinski definition) is 0. The molecule has 11 heteroatoms. The summed E-state index contributed by atoms with van der Waals surface area (Å²) in [6.07, 6.45) is -1.23. The average molecular weight is 492 g/mol. The van der Waals surface area contributed by atoms with E-state index in [-0.39, 0.29) is 24.6 Å². The van der Waals surface area contributed by atoms with Crippen molar-refractivity contribution in [2.45, 2.75) is 72.6 Å². The molecule has 0 N–H and O–H groups in total. The van der Waals surface area contributed by atoms with Gasteiger partial charge in [-0.05, 0) is 30.9 Å². The zero-order chi connectivity index (χ0) is 26.1. The zero-order valence-corrected chi connectivity index (χ0v) is 20.4. The lowest BCUT2D eigenvalue weighted by atomic mass is 9.73. The molecule has 0 radical (unpaired) electrons. The second-order valence-corrected chi connectivity index (χ2v) is 9.28. The number of ether oxygens (including phenoxy) is 6. The van der Waals surface area contributed by atoms with Crippen LogP contribution >= 0.6 is 0 Å². The number of ketones is 1. The molecular weight excluding hydrogens is 464 g/mol. The van der Waals surface area contributed by atoms with Crippen LogP contribution in [-0.4, -0.2) is 60.9 Å². The maximum atomic E-state index is 12.7. The minimum atomic E-state index is -1.51. The zero-order valence-electron chi connectivity index (χ0n) is 20.4. The molecule has 2 aliphatic heterocycles. The van der Waals surface area contributed by atoms with E-state index in [1.165, 1.54) is 6.08 Å². The molecule has 3 aliphatic rings. The first-order chi connectivity index (χ1) is 16.3. The molecule has 0 aromatic carbocycles. The molecule has 3 rings (SSSR count). The summed E-state index contributed by atoms with van der Waals surface area (Å²) in [4.78, 5) is 60.3. The summed E-state index contributed by atoms with van der Waals surface area (Å²) in [5.41, 5.74) is 1.47. The molecule has 1 aliphatic carbocycles. The van der Waals surface area contributed by atoms with Gasteiger partial charge in [0.2, 0.25) is 5.76 Å². The Morgan fingerprint density at radius 3 is 2.31 bits per heavy atom. The van der Waals surface area contributed by atoms with Crippen LogP contribution in [0.25, 0.3) is 0 Å². The fourth-order valence-corrected chi connectivity index (χ4v) is 3.86. The van der Waals surface area contributed by atoms with Crippen LogP contribution in [-0.2, 0) is 52.4 Å². The summed E-state index contributed by atoms with van der Waals surface area (Å²) in [6.45, 7) is 9.67. The van der Waals surface area contributed by atoms with Gasteiger partial charge in [0.15, 0.2) is 18.0 Å². The van der Waals surface area contributed by atoms with Gasteiger partial charge in [-0.2, -0.15) is 0 Å². The van der Waals surface area contributed by atoms with Crippen LogP contribution in [0.1, 0.15) is 48.0 Å². The Balaban J connectivity index is 1.69. The van der Waals surface area contributed by atoms with Crippen molar-refractivity contribution >= 4 is 29.7 Å². The molecule has 11 nitrogen and oxygen atoms in total. The van der Waals surface area contributed by atoms with E-state index in [1.54, 1.807) is 0 Å². The maximum Gasteiger partial charge on any atom is 0.378 e. The first-order valence-corrected chi connectivity index (χ1v) is 11.0. The highest BCUT2D eigenvalue weighted by atomic mass is 16.8. The molecule has 190 valence electrons. The van der Waals surface area contributed by atoms with E-state index in [2.05, 4.69) is 0 Å². The van der Waals surface area contributed by atoms with Gasteiger partial charge in [-0.25, -0.2) is 9.59 Å². The van der Waals surface area contributed by atoms with Gasteiger partial charge < -0.3 is 28.4 Å². The lowest BCUT2D eigenvalue weighted by molar-refractivity contribution is -0.184. The highest BCUT2D eigenvalue weighted by molar-refractivity contribution is 5.97. The highest BCUT2D eigenvalue weighted by Crippen LogP contribution is 2.38. The second-order valence-electron chi connectivity index (χ2n) is 9.28. The molecule has 0 aromatic rings. The van der Waals surface area contributed by atoms with Crippen LogP contribution in [0, 0.1) is 5.41 Å². The molecule has 1 fully saturated rings. The van der Waals surface area contributed by atoms with Crippen molar-refractivity contribution in [2.24, 2.45) is 5.41 Å². The topological polar surface area (TPSA) is 141 Å². The summed E-state index contributed by atoms with van der Waals surface area (Å²) < 4.78 is 31.3. The summed E-state index contributed by atoms with van der Waals surface area (Å²) >= 11 is 0. The van der Waals surface area contributed by atoms with Crippen molar-refractivity contribution in [2.75, 3.05) is 6.61 Å². The van der Waals surface area contributed by atoms with E-state index in [0.717, 1.165) is 25.0 Å². The molecule has 1 saturated heterocycles. The first-order valence-electron chi connectivity index (χ1n) is 11.0. The third-order valence-electron chi connectivity index (χ3n) is 5.44. The van der Waals surface area contributed by atoms with E-state index in [9.17, 15) is 24.0 Å². The van der Waals surface area contributed by atoms with Crippen molar-refractivity contribution < 1.29 is 52.4 Å². The monoisotopic (exact) mass is 492 g/mol. The fraction of sp³-hybridized carbons (Fsp3) is 0.542. The Bertz CT molecular complexity index is 1040. The molecule has 0 saturated carbocycles. The largest absolute Gasteiger partial charge is 0.450 e. The normalized spacial score (nSPS) is 27.7. The average Bonchev–Trinajstić information content (AvgIpc) is 3.31. The van der Waals surface area contributed by atoms with Crippen LogP contribution in [0.3, 0.4) is 0 Å². The molecule has 0 amide bonds. The summed E-state index contributed by atoms with van der Waals surface area (Å²) in [5.74, 6) is -4.87. The molecule has 35 heavy (non-hydrogen) atoms. The number of carbonyl (C=O) groups is 5. The van der Waals surface area contributed by atoms with Crippen LogP contribution < -0.4 is 0 Å². The lowest BCUT2D eigenvalue weighted by Crippen LogP contribution is -2.39. The number of allylic oxidation sites excluding steroid dienone is 3. The van der Waals surface area contributed by atoms with Crippen LogP contribution in [0.5, 0.6) is 0 Å². The Kier molecular flexibility index (Phi) is 7.61. The summed E-state index contributed by atoms with van der Waals surface area (Å²) in [5, 5.41) is 0. The summed E-state index contributed by atoms with van der Waals surface area (Å²) in [6, 6.07) is 0. The Hall–Kier alpha value is -3.31. The van der Waals surface area contributed by atoms with Crippen molar-refractivity contribution in [3.8, 4) is 0 Å². The Morgan fingerprint density at radius 1 is 1.06 bits per heavy atom. The van der Waals surface area contributed by atoms with Gasteiger partial charge in [0.05, 0.1) is 6.61 Å². The number of cyclic esters (lactones) is 1. The van der Waals surface area contributed by atoms with Gasteiger partial charge in [-0.3, -0.25) is 14.4 Å². The molecule has 0 spiro atoms. The van der Waals surface area contributed by atoms with E-state index < -0.39 is 59.7 Å². The smallest absolute Gasteiger partial charge is 0.378 e. The quantitative estimate of drug-likeness (QED) is 0.396.